The number of hydrogen-bond donors (Lipinski definition) is 0. The van der Waals surface area contributed by atoms with Gasteiger partial charge in [0.05, 0.1) is 11.2 Å². The predicted molar refractivity (Wildman–Crippen MR) is 103 cm³/mol. The van der Waals surface area contributed by atoms with Gasteiger partial charge in [0.15, 0.2) is 0 Å². The zero-order valence-electron chi connectivity index (χ0n) is 14.2. The number of benzene rings is 2. The summed E-state index contributed by atoms with van der Waals surface area (Å²) in [6.07, 6.45) is 8.12. The van der Waals surface area contributed by atoms with Crippen LogP contribution in [0.25, 0.3) is 40.1 Å². The van der Waals surface area contributed by atoms with Crippen molar-refractivity contribution in [3.8, 4) is 0 Å². The van der Waals surface area contributed by atoms with E-state index in [4.69, 9.17) is 4.42 Å². The zero-order valence-corrected chi connectivity index (χ0v) is 14.2. The van der Waals surface area contributed by atoms with E-state index in [9.17, 15) is 0 Å². The van der Waals surface area contributed by atoms with E-state index in [2.05, 4.69) is 22.1 Å². The number of para-hydroxylation sites is 2. The predicted octanol–water partition coefficient (Wildman–Crippen LogP) is 3.98. The topological polar surface area (TPSA) is 38.9 Å². The fourth-order valence-corrected chi connectivity index (χ4v) is 3.05. The molecule has 2 aromatic heterocycles. The lowest BCUT2D eigenvalue weighted by molar-refractivity contribution is 0.575. The molecule has 0 N–H and O–H groups in total. The Morgan fingerprint density at radius 2 is 1.68 bits per heavy atom. The van der Waals surface area contributed by atoms with Gasteiger partial charge in [-0.25, -0.2) is 9.97 Å². The maximum absolute atomic E-state index is 5.89. The molecule has 0 saturated heterocycles. The van der Waals surface area contributed by atoms with E-state index in [1.54, 1.807) is 0 Å². The zero-order chi connectivity index (χ0) is 17.2. The van der Waals surface area contributed by atoms with Crippen LogP contribution < -0.4 is 10.6 Å². The van der Waals surface area contributed by atoms with Crippen molar-refractivity contribution in [1.82, 2.24) is 9.97 Å². The first-order valence-electron chi connectivity index (χ1n) is 8.32. The van der Waals surface area contributed by atoms with E-state index in [1.165, 1.54) is 0 Å². The third-order valence-electron chi connectivity index (χ3n) is 4.19. The van der Waals surface area contributed by atoms with Crippen molar-refractivity contribution in [2.75, 3.05) is 0 Å². The Bertz CT molecular complexity index is 1220. The molecule has 0 aliphatic carbocycles. The van der Waals surface area contributed by atoms with Gasteiger partial charge in [-0.2, -0.15) is 0 Å². The van der Waals surface area contributed by atoms with Gasteiger partial charge in [0.2, 0.25) is 0 Å². The molecule has 0 radical (unpaired) electrons. The highest BCUT2D eigenvalue weighted by atomic mass is 16.3. The van der Waals surface area contributed by atoms with Gasteiger partial charge in [0.25, 0.3) is 0 Å². The second-order valence-electron chi connectivity index (χ2n) is 5.86. The molecule has 2 heterocycles. The lowest BCUT2D eigenvalue weighted by atomic mass is 10.1. The molecule has 122 valence electrons. The van der Waals surface area contributed by atoms with Crippen molar-refractivity contribution in [3.63, 3.8) is 0 Å². The SMILES string of the molecule is C/C=c1/oc2ccccc2/c1=C/C=C/c1nc(C)nc2ccccc12. The second-order valence-corrected chi connectivity index (χ2v) is 5.86. The van der Waals surface area contributed by atoms with Gasteiger partial charge in [-0.3, -0.25) is 0 Å². The second kappa shape index (κ2) is 6.36. The first-order chi connectivity index (χ1) is 12.3. The van der Waals surface area contributed by atoms with Crippen LogP contribution in [0.4, 0.5) is 0 Å². The van der Waals surface area contributed by atoms with Crippen LogP contribution in [0, 0.1) is 6.92 Å². The standard InChI is InChI=1S/C22H18N2O/c1-3-21-16(17-9-5-7-14-22(17)25-21)11-8-13-20-18-10-4-6-12-19(18)23-15(2)24-20/h3-14H,1-2H3/b13-8+,16-11-,21-3+. The quantitative estimate of drug-likeness (QED) is 0.559. The van der Waals surface area contributed by atoms with Crippen LogP contribution >= 0.6 is 0 Å². The number of rotatable bonds is 2. The molecule has 4 aromatic rings. The Balaban J connectivity index is 1.86. The maximum Gasteiger partial charge on any atom is 0.135 e. The summed E-state index contributed by atoms with van der Waals surface area (Å²) in [7, 11) is 0. The lowest BCUT2D eigenvalue weighted by Crippen LogP contribution is -2.18. The minimum atomic E-state index is 0.773. The summed E-state index contributed by atoms with van der Waals surface area (Å²) >= 11 is 0. The Hall–Kier alpha value is -3.20. The first kappa shape index (κ1) is 15.3. The number of aryl methyl sites for hydroxylation is 1. The van der Waals surface area contributed by atoms with Crippen LogP contribution in [-0.4, -0.2) is 9.97 Å². The number of allylic oxidation sites excluding steroid dienone is 1. The fraction of sp³-hybridized carbons (Fsp3) is 0.0909. The van der Waals surface area contributed by atoms with Gasteiger partial charge in [0.1, 0.15) is 16.8 Å². The summed E-state index contributed by atoms with van der Waals surface area (Å²) in [6.45, 7) is 3.90. The smallest absolute Gasteiger partial charge is 0.135 e. The van der Waals surface area contributed by atoms with Crippen molar-refractivity contribution in [2.45, 2.75) is 13.8 Å². The van der Waals surface area contributed by atoms with Gasteiger partial charge < -0.3 is 4.42 Å². The Kier molecular flexibility index (Phi) is 3.90. The van der Waals surface area contributed by atoms with E-state index in [0.717, 1.165) is 44.0 Å². The molecule has 0 atom stereocenters. The number of hydrogen-bond acceptors (Lipinski definition) is 3. The minimum Gasteiger partial charge on any atom is -0.456 e. The van der Waals surface area contributed by atoms with Gasteiger partial charge in [-0.15, -0.1) is 0 Å². The summed E-state index contributed by atoms with van der Waals surface area (Å²) in [4.78, 5) is 9.06. The average molecular weight is 326 g/mol. The molecule has 0 spiro atoms. The van der Waals surface area contributed by atoms with Crippen molar-refractivity contribution in [3.05, 3.63) is 76.8 Å². The van der Waals surface area contributed by atoms with E-state index in [-0.39, 0.29) is 0 Å². The normalized spacial score (nSPS) is 13.5. The van der Waals surface area contributed by atoms with Crippen molar-refractivity contribution >= 4 is 40.1 Å². The van der Waals surface area contributed by atoms with Gasteiger partial charge in [-0.05, 0) is 38.1 Å². The van der Waals surface area contributed by atoms with Gasteiger partial charge in [-0.1, -0.05) is 48.6 Å². The van der Waals surface area contributed by atoms with Crippen LogP contribution in [-0.2, 0) is 0 Å². The number of fused-ring (bicyclic) bond motifs is 2. The highest BCUT2D eigenvalue weighted by Gasteiger charge is 2.02. The van der Waals surface area contributed by atoms with E-state index in [0.29, 0.717) is 0 Å². The summed E-state index contributed by atoms with van der Waals surface area (Å²) in [6, 6.07) is 16.2. The Labute approximate surface area is 145 Å². The molecule has 3 heteroatoms. The van der Waals surface area contributed by atoms with E-state index >= 15 is 0 Å². The van der Waals surface area contributed by atoms with Crippen molar-refractivity contribution in [2.24, 2.45) is 0 Å². The molecule has 0 saturated carbocycles. The van der Waals surface area contributed by atoms with Crippen LogP contribution in [0.3, 0.4) is 0 Å². The fourth-order valence-electron chi connectivity index (χ4n) is 3.05. The molecule has 25 heavy (non-hydrogen) atoms. The molecule has 0 fully saturated rings. The Morgan fingerprint density at radius 1 is 0.920 bits per heavy atom. The summed E-state index contributed by atoms with van der Waals surface area (Å²) in [5.74, 6) is 0.773. The number of nitrogens with zero attached hydrogens (tertiary/aromatic N) is 2. The Morgan fingerprint density at radius 3 is 2.52 bits per heavy atom. The average Bonchev–Trinajstić information content (AvgIpc) is 2.99. The van der Waals surface area contributed by atoms with E-state index < -0.39 is 0 Å². The van der Waals surface area contributed by atoms with Crippen molar-refractivity contribution < 1.29 is 4.42 Å². The van der Waals surface area contributed by atoms with Gasteiger partial charge in [0, 0.05) is 16.0 Å². The third kappa shape index (κ3) is 2.85. The highest BCUT2D eigenvalue weighted by molar-refractivity contribution is 5.87. The number of aromatic nitrogens is 2. The van der Waals surface area contributed by atoms with Crippen molar-refractivity contribution in [1.29, 1.82) is 0 Å². The van der Waals surface area contributed by atoms with E-state index in [1.807, 2.05) is 74.5 Å². The first-order valence-corrected chi connectivity index (χ1v) is 8.32. The van der Waals surface area contributed by atoms with Crippen LogP contribution in [0.15, 0.2) is 59.0 Å². The molecule has 3 nitrogen and oxygen atoms in total. The monoisotopic (exact) mass is 326 g/mol. The summed E-state index contributed by atoms with van der Waals surface area (Å²) in [5, 5.41) is 3.26. The summed E-state index contributed by atoms with van der Waals surface area (Å²) < 4.78 is 5.89. The molecule has 0 unspecified atom stereocenters. The lowest BCUT2D eigenvalue weighted by Gasteiger charge is -2.02. The minimum absolute atomic E-state index is 0.773. The third-order valence-corrected chi connectivity index (χ3v) is 4.19. The molecular formula is C22H18N2O. The highest BCUT2D eigenvalue weighted by Crippen LogP contribution is 2.16. The van der Waals surface area contributed by atoms with Crippen LogP contribution in [0.5, 0.6) is 0 Å². The molecular weight excluding hydrogens is 308 g/mol. The summed E-state index contributed by atoms with van der Waals surface area (Å²) in [5.41, 5.74) is 3.67. The van der Waals surface area contributed by atoms with Crippen LogP contribution in [0.1, 0.15) is 18.4 Å². The molecule has 0 aliphatic heterocycles. The number of furan rings is 1. The molecule has 0 bridgehead atoms. The largest absolute Gasteiger partial charge is 0.456 e. The molecule has 0 amide bonds. The van der Waals surface area contributed by atoms with Gasteiger partial charge >= 0.3 is 0 Å². The van der Waals surface area contributed by atoms with Crippen LogP contribution in [0.2, 0.25) is 0 Å². The molecule has 2 aromatic carbocycles. The molecule has 0 aliphatic rings. The maximum atomic E-state index is 5.89. The molecule has 4 rings (SSSR count).